The fraction of sp³-hybridized carbons (Fsp3) is 0.250. The molecule has 7 nitrogen and oxygen atoms in total. The van der Waals surface area contributed by atoms with Crippen LogP contribution in [0.5, 0.6) is 5.75 Å². The lowest BCUT2D eigenvalue weighted by molar-refractivity contribution is 0.0887. The molecule has 0 amide bonds. The summed E-state index contributed by atoms with van der Waals surface area (Å²) in [7, 11) is 1.59. The molecule has 3 aromatic rings. The van der Waals surface area contributed by atoms with Crippen LogP contribution >= 0.6 is 0 Å². The van der Waals surface area contributed by atoms with Crippen molar-refractivity contribution in [2.24, 2.45) is 0 Å². The molecule has 0 saturated carbocycles. The topological polar surface area (TPSA) is 83.0 Å². The molecule has 0 atom stereocenters. The summed E-state index contributed by atoms with van der Waals surface area (Å²) in [5.74, 6) is 1.08. The normalized spacial score (nSPS) is 10.7. The van der Waals surface area contributed by atoms with Gasteiger partial charge in [-0.1, -0.05) is 6.07 Å². The Labute approximate surface area is 132 Å². The van der Waals surface area contributed by atoms with Crippen molar-refractivity contribution < 1.29 is 13.9 Å². The van der Waals surface area contributed by atoms with Gasteiger partial charge in [0.05, 0.1) is 12.8 Å². The van der Waals surface area contributed by atoms with E-state index in [9.17, 15) is 4.79 Å². The predicted octanol–water partition coefficient (Wildman–Crippen LogP) is 2.44. The summed E-state index contributed by atoms with van der Waals surface area (Å²) in [6, 6.07) is 9.13. The van der Waals surface area contributed by atoms with Gasteiger partial charge in [0.15, 0.2) is 0 Å². The van der Waals surface area contributed by atoms with E-state index in [1.165, 1.54) is 4.68 Å². The molecule has 3 rings (SSSR count). The summed E-state index contributed by atoms with van der Waals surface area (Å²) in [6.45, 7) is 3.66. The lowest BCUT2D eigenvalue weighted by atomic mass is 10.2. The molecule has 0 aliphatic carbocycles. The molecule has 2 heterocycles. The standard InChI is InChI=1S/C16H16N4O3/c1-10-7-11(2)20(19-10)15(21)9-14-17-18-16(23-14)12-5-4-6-13(8-12)22-3/h4-8H,9H2,1-3H3. The van der Waals surface area contributed by atoms with Gasteiger partial charge in [0.2, 0.25) is 11.8 Å². The largest absolute Gasteiger partial charge is 0.497 e. The molecule has 0 bridgehead atoms. The van der Waals surface area contributed by atoms with Crippen LogP contribution in [0.1, 0.15) is 22.1 Å². The number of rotatable bonds is 4. The Balaban J connectivity index is 1.79. The lowest BCUT2D eigenvalue weighted by Crippen LogP contribution is -2.16. The van der Waals surface area contributed by atoms with E-state index in [0.29, 0.717) is 11.6 Å². The first kappa shape index (κ1) is 15.0. The number of carbonyl (C=O) groups excluding carboxylic acids is 1. The van der Waals surface area contributed by atoms with Gasteiger partial charge >= 0.3 is 0 Å². The quantitative estimate of drug-likeness (QED) is 0.736. The fourth-order valence-corrected chi connectivity index (χ4v) is 2.28. The van der Waals surface area contributed by atoms with Gasteiger partial charge in [-0.15, -0.1) is 10.2 Å². The van der Waals surface area contributed by atoms with Crippen LogP contribution in [0.15, 0.2) is 34.7 Å². The van der Waals surface area contributed by atoms with E-state index >= 15 is 0 Å². The molecule has 7 heteroatoms. The Morgan fingerprint density at radius 1 is 1.26 bits per heavy atom. The van der Waals surface area contributed by atoms with Crippen molar-refractivity contribution in [2.75, 3.05) is 7.11 Å². The van der Waals surface area contributed by atoms with Crippen LogP contribution in [0, 0.1) is 13.8 Å². The molecule has 0 aliphatic heterocycles. The molecule has 118 valence electrons. The van der Waals surface area contributed by atoms with E-state index in [4.69, 9.17) is 9.15 Å². The van der Waals surface area contributed by atoms with E-state index in [-0.39, 0.29) is 18.2 Å². The third kappa shape index (κ3) is 3.13. The van der Waals surface area contributed by atoms with E-state index in [1.54, 1.807) is 13.2 Å². The number of methoxy groups -OCH3 is 1. The van der Waals surface area contributed by atoms with Gasteiger partial charge in [-0.05, 0) is 38.1 Å². The Kier molecular flexibility index (Phi) is 3.92. The minimum absolute atomic E-state index is 0.00106. The third-order valence-corrected chi connectivity index (χ3v) is 3.33. The van der Waals surface area contributed by atoms with Gasteiger partial charge in [-0.2, -0.15) is 5.10 Å². The zero-order chi connectivity index (χ0) is 16.4. The van der Waals surface area contributed by atoms with Crippen LogP contribution in [0.3, 0.4) is 0 Å². The average Bonchev–Trinajstić information content (AvgIpc) is 3.13. The molecular weight excluding hydrogens is 296 g/mol. The number of benzene rings is 1. The maximum Gasteiger partial charge on any atom is 0.256 e. The molecule has 0 aliphatic rings. The Hall–Kier alpha value is -2.96. The van der Waals surface area contributed by atoms with Crippen LogP contribution in [0.25, 0.3) is 11.5 Å². The monoisotopic (exact) mass is 312 g/mol. The van der Waals surface area contributed by atoms with Gasteiger partial charge in [0, 0.05) is 11.3 Å². The average molecular weight is 312 g/mol. The highest BCUT2D eigenvalue weighted by Crippen LogP contribution is 2.22. The van der Waals surface area contributed by atoms with Gasteiger partial charge < -0.3 is 9.15 Å². The number of hydrogen-bond donors (Lipinski definition) is 0. The van der Waals surface area contributed by atoms with E-state index < -0.39 is 0 Å². The van der Waals surface area contributed by atoms with E-state index in [0.717, 1.165) is 17.0 Å². The van der Waals surface area contributed by atoms with Crippen LogP contribution in [0.4, 0.5) is 0 Å². The van der Waals surface area contributed by atoms with Gasteiger partial charge in [0.25, 0.3) is 5.91 Å². The second-order valence-corrected chi connectivity index (χ2v) is 5.14. The second kappa shape index (κ2) is 6.04. The number of nitrogens with zero attached hydrogens (tertiary/aromatic N) is 4. The molecule has 0 saturated heterocycles. The highest BCUT2D eigenvalue weighted by atomic mass is 16.5. The first-order valence-electron chi connectivity index (χ1n) is 7.10. The first-order valence-corrected chi connectivity index (χ1v) is 7.10. The van der Waals surface area contributed by atoms with Gasteiger partial charge in [0.1, 0.15) is 12.2 Å². The molecule has 1 aromatic carbocycles. The summed E-state index contributed by atoms with van der Waals surface area (Å²) in [5.41, 5.74) is 2.31. The van der Waals surface area contributed by atoms with E-state index in [2.05, 4.69) is 15.3 Å². The summed E-state index contributed by atoms with van der Waals surface area (Å²) in [4.78, 5) is 12.2. The Morgan fingerprint density at radius 3 is 2.78 bits per heavy atom. The van der Waals surface area contributed by atoms with Crippen molar-refractivity contribution in [1.82, 2.24) is 20.0 Å². The molecule has 2 aromatic heterocycles. The van der Waals surface area contributed by atoms with Crippen LogP contribution in [0.2, 0.25) is 0 Å². The number of aromatic nitrogens is 4. The highest BCUT2D eigenvalue weighted by Gasteiger charge is 2.16. The van der Waals surface area contributed by atoms with Crippen molar-refractivity contribution in [3.63, 3.8) is 0 Å². The summed E-state index contributed by atoms with van der Waals surface area (Å²) >= 11 is 0. The highest BCUT2D eigenvalue weighted by molar-refractivity contribution is 5.80. The number of carbonyl (C=O) groups is 1. The number of aryl methyl sites for hydroxylation is 2. The smallest absolute Gasteiger partial charge is 0.256 e. The molecule has 0 radical (unpaired) electrons. The third-order valence-electron chi connectivity index (χ3n) is 3.33. The maximum atomic E-state index is 12.2. The molecule has 0 unspecified atom stereocenters. The van der Waals surface area contributed by atoms with Gasteiger partial charge in [-0.25, -0.2) is 4.68 Å². The SMILES string of the molecule is COc1cccc(-c2nnc(CC(=O)n3nc(C)cc3C)o2)c1. The Bertz CT molecular complexity index is 851. The van der Waals surface area contributed by atoms with Crippen molar-refractivity contribution in [3.05, 3.63) is 47.6 Å². The zero-order valence-corrected chi connectivity index (χ0v) is 13.1. The Morgan fingerprint density at radius 2 is 2.09 bits per heavy atom. The fourth-order valence-electron chi connectivity index (χ4n) is 2.28. The van der Waals surface area contributed by atoms with Crippen molar-refractivity contribution in [3.8, 4) is 17.2 Å². The van der Waals surface area contributed by atoms with Crippen molar-refractivity contribution in [2.45, 2.75) is 20.3 Å². The van der Waals surface area contributed by atoms with Crippen molar-refractivity contribution >= 4 is 5.91 Å². The summed E-state index contributed by atoms with van der Waals surface area (Å²) in [5, 5.41) is 12.1. The maximum absolute atomic E-state index is 12.2. The molecular formula is C16H16N4O3. The minimum Gasteiger partial charge on any atom is -0.497 e. The second-order valence-electron chi connectivity index (χ2n) is 5.14. The summed E-state index contributed by atoms with van der Waals surface area (Å²) < 4.78 is 12.1. The number of hydrogen-bond acceptors (Lipinski definition) is 6. The first-order chi connectivity index (χ1) is 11.1. The molecule has 0 N–H and O–H groups in total. The van der Waals surface area contributed by atoms with Crippen LogP contribution < -0.4 is 4.74 Å². The molecule has 0 fully saturated rings. The molecule has 23 heavy (non-hydrogen) atoms. The van der Waals surface area contributed by atoms with Gasteiger partial charge in [-0.3, -0.25) is 4.79 Å². The van der Waals surface area contributed by atoms with Crippen molar-refractivity contribution in [1.29, 1.82) is 0 Å². The summed E-state index contributed by atoms with van der Waals surface area (Å²) in [6.07, 6.45) is -0.00106. The van der Waals surface area contributed by atoms with E-state index in [1.807, 2.05) is 38.1 Å². The van der Waals surface area contributed by atoms with Crippen LogP contribution in [-0.4, -0.2) is 33.0 Å². The molecule has 0 spiro atoms. The lowest BCUT2D eigenvalue weighted by Gasteiger charge is -2.01. The zero-order valence-electron chi connectivity index (χ0n) is 13.1. The predicted molar refractivity (Wildman–Crippen MR) is 82.3 cm³/mol. The number of ether oxygens (including phenoxy) is 1. The van der Waals surface area contributed by atoms with Crippen LogP contribution in [-0.2, 0) is 6.42 Å². The minimum atomic E-state index is -0.212.